The van der Waals surface area contributed by atoms with Gasteiger partial charge in [-0.2, -0.15) is 0 Å². The van der Waals surface area contributed by atoms with E-state index in [0.717, 1.165) is 4.90 Å². The number of rotatable bonds is 6. The Labute approximate surface area is 155 Å². The summed E-state index contributed by atoms with van der Waals surface area (Å²) in [5.74, 6) is 0.162. The van der Waals surface area contributed by atoms with E-state index in [2.05, 4.69) is 0 Å². The van der Waals surface area contributed by atoms with Crippen LogP contribution in [-0.4, -0.2) is 24.2 Å². The van der Waals surface area contributed by atoms with Gasteiger partial charge in [-0.15, -0.1) is 11.8 Å². The van der Waals surface area contributed by atoms with E-state index < -0.39 is 11.7 Å². The largest absolute Gasteiger partial charge is 0.494 e. The molecule has 0 radical (unpaired) electrons. The third-order valence-electron chi connectivity index (χ3n) is 3.87. The van der Waals surface area contributed by atoms with Crippen LogP contribution in [-0.2, 0) is 9.59 Å². The average Bonchev–Trinajstić information content (AvgIpc) is 2.88. The monoisotopic (exact) mass is 371 g/mol. The van der Waals surface area contributed by atoms with Crippen molar-refractivity contribution in [3.63, 3.8) is 0 Å². The SMILES string of the molecule is CCOc1ccc(C2=C(SCC)C(=O)N(c3ccc(F)cc3)C2=O)cc1. The summed E-state index contributed by atoms with van der Waals surface area (Å²) in [6.07, 6.45) is 0. The molecule has 134 valence electrons. The number of thioether (sulfide) groups is 1. The van der Waals surface area contributed by atoms with E-state index in [9.17, 15) is 14.0 Å². The van der Waals surface area contributed by atoms with E-state index in [4.69, 9.17) is 4.74 Å². The van der Waals surface area contributed by atoms with E-state index >= 15 is 0 Å². The molecule has 0 spiro atoms. The van der Waals surface area contributed by atoms with Crippen LogP contribution in [0.15, 0.2) is 53.4 Å². The van der Waals surface area contributed by atoms with Gasteiger partial charge in [-0.3, -0.25) is 9.59 Å². The number of hydrogen-bond donors (Lipinski definition) is 0. The van der Waals surface area contributed by atoms with Gasteiger partial charge in [0.2, 0.25) is 0 Å². The quantitative estimate of drug-likeness (QED) is 0.712. The predicted molar refractivity (Wildman–Crippen MR) is 102 cm³/mol. The summed E-state index contributed by atoms with van der Waals surface area (Å²) >= 11 is 1.33. The summed E-state index contributed by atoms with van der Waals surface area (Å²) in [7, 11) is 0. The van der Waals surface area contributed by atoms with Crippen molar-refractivity contribution in [1.82, 2.24) is 0 Å². The van der Waals surface area contributed by atoms with Crippen LogP contribution in [0.2, 0.25) is 0 Å². The Bertz CT molecular complexity index is 860. The number of nitrogens with zero attached hydrogens (tertiary/aromatic N) is 1. The third-order valence-corrected chi connectivity index (χ3v) is 4.82. The summed E-state index contributed by atoms with van der Waals surface area (Å²) in [6, 6.07) is 12.4. The second-order valence-electron chi connectivity index (χ2n) is 5.52. The van der Waals surface area contributed by atoms with E-state index in [1.807, 2.05) is 13.8 Å². The third kappa shape index (κ3) is 3.37. The summed E-state index contributed by atoms with van der Waals surface area (Å²) in [6.45, 7) is 4.37. The molecule has 0 saturated carbocycles. The molecular formula is C20H18FNO3S. The molecule has 0 N–H and O–H groups in total. The van der Waals surface area contributed by atoms with Crippen molar-refractivity contribution in [2.24, 2.45) is 0 Å². The first-order valence-corrected chi connectivity index (χ1v) is 9.30. The van der Waals surface area contributed by atoms with Gasteiger partial charge in [0.15, 0.2) is 0 Å². The van der Waals surface area contributed by atoms with Gasteiger partial charge in [-0.25, -0.2) is 9.29 Å². The molecule has 0 saturated heterocycles. The molecule has 1 aliphatic rings. The zero-order valence-corrected chi connectivity index (χ0v) is 15.3. The Kier molecular flexibility index (Phi) is 5.42. The minimum atomic E-state index is -0.421. The van der Waals surface area contributed by atoms with Crippen LogP contribution in [0.4, 0.5) is 10.1 Å². The summed E-state index contributed by atoms with van der Waals surface area (Å²) < 4.78 is 18.6. The number of imide groups is 1. The van der Waals surface area contributed by atoms with Crippen LogP contribution >= 0.6 is 11.8 Å². The molecule has 4 nitrogen and oxygen atoms in total. The lowest BCUT2D eigenvalue weighted by molar-refractivity contribution is -0.119. The molecule has 2 amide bonds. The molecule has 2 aromatic carbocycles. The number of ether oxygens (including phenoxy) is 1. The maximum atomic E-state index is 13.2. The standard InChI is InChI=1S/C20H18FNO3S/c1-3-25-16-11-5-13(6-12-16)17-18(26-4-2)20(24)22(19(17)23)15-9-7-14(21)8-10-15/h5-12H,3-4H2,1-2H3. The highest BCUT2D eigenvalue weighted by Gasteiger charge is 2.39. The van der Waals surface area contributed by atoms with Gasteiger partial charge in [0.1, 0.15) is 11.6 Å². The fourth-order valence-electron chi connectivity index (χ4n) is 2.75. The molecule has 3 rings (SSSR count). The van der Waals surface area contributed by atoms with Crippen LogP contribution in [0.5, 0.6) is 5.75 Å². The van der Waals surface area contributed by atoms with Crippen LogP contribution in [0, 0.1) is 5.82 Å². The van der Waals surface area contributed by atoms with Gasteiger partial charge in [0.05, 0.1) is 22.8 Å². The van der Waals surface area contributed by atoms with Gasteiger partial charge in [0, 0.05) is 0 Å². The van der Waals surface area contributed by atoms with Crippen molar-refractivity contribution in [2.45, 2.75) is 13.8 Å². The zero-order valence-electron chi connectivity index (χ0n) is 14.5. The van der Waals surface area contributed by atoms with Gasteiger partial charge >= 0.3 is 0 Å². The van der Waals surface area contributed by atoms with Crippen LogP contribution in [0.1, 0.15) is 19.4 Å². The van der Waals surface area contributed by atoms with Gasteiger partial charge in [-0.1, -0.05) is 19.1 Å². The van der Waals surface area contributed by atoms with Crippen LogP contribution in [0.3, 0.4) is 0 Å². The Morgan fingerprint density at radius 2 is 1.62 bits per heavy atom. The molecule has 0 bridgehead atoms. The fourth-order valence-corrected chi connectivity index (χ4v) is 3.60. The van der Waals surface area contributed by atoms with Crippen molar-refractivity contribution >= 4 is 34.8 Å². The van der Waals surface area contributed by atoms with E-state index in [0.29, 0.717) is 39.8 Å². The van der Waals surface area contributed by atoms with E-state index in [1.165, 1.54) is 36.0 Å². The highest BCUT2D eigenvalue weighted by molar-refractivity contribution is 8.04. The Balaban J connectivity index is 2.01. The molecule has 0 fully saturated rings. The Hall–Kier alpha value is -2.60. The topological polar surface area (TPSA) is 46.6 Å². The predicted octanol–water partition coefficient (Wildman–Crippen LogP) is 4.26. The molecular weight excluding hydrogens is 353 g/mol. The lowest BCUT2D eigenvalue weighted by Crippen LogP contribution is -2.31. The minimum Gasteiger partial charge on any atom is -0.494 e. The molecule has 1 aliphatic heterocycles. The van der Waals surface area contributed by atoms with Gasteiger partial charge < -0.3 is 4.74 Å². The number of amides is 2. The molecule has 0 unspecified atom stereocenters. The second kappa shape index (κ2) is 7.74. The molecule has 6 heteroatoms. The van der Waals surface area contributed by atoms with Crippen molar-refractivity contribution < 1.29 is 18.7 Å². The number of hydrogen-bond acceptors (Lipinski definition) is 4. The van der Waals surface area contributed by atoms with Crippen LogP contribution in [0.25, 0.3) is 5.57 Å². The van der Waals surface area contributed by atoms with Crippen LogP contribution < -0.4 is 9.64 Å². The fraction of sp³-hybridized carbons (Fsp3) is 0.200. The second-order valence-corrected chi connectivity index (χ2v) is 6.79. The number of benzene rings is 2. The molecule has 26 heavy (non-hydrogen) atoms. The summed E-state index contributed by atoms with van der Waals surface area (Å²) in [4.78, 5) is 27.4. The molecule has 1 heterocycles. The normalized spacial score (nSPS) is 14.3. The Morgan fingerprint density at radius 3 is 2.19 bits per heavy atom. The molecule has 2 aromatic rings. The van der Waals surface area contributed by atoms with Crippen molar-refractivity contribution in [1.29, 1.82) is 0 Å². The first-order chi connectivity index (χ1) is 12.6. The lowest BCUT2D eigenvalue weighted by Gasteiger charge is -2.15. The molecule has 0 aliphatic carbocycles. The highest BCUT2D eigenvalue weighted by Crippen LogP contribution is 2.38. The van der Waals surface area contributed by atoms with Crippen molar-refractivity contribution in [3.8, 4) is 5.75 Å². The van der Waals surface area contributed by atoms with Crippen molar-refractivity contribution in [2.75, 3.05) is 17.3 Å². The maximum absolute atomic E-state index is 13.2. The van der Waals surface area contributed by atoms with Gasteiger partial charge in [-0.05, 0) is 54.6 Å². The van der Waals surface area contributed by atoms with E-state index in [1.54, 1.807) is 24.3 Å². The highest BCUT2D eigenvalue weighted by atomic mass is 32.2. The number of carbonyl (C=O) groups excluding carboxylic acids is 2. The number of anilines is 1. The Morgan fingerprint density at radius 1 is 0.962 bits per heavy atom. The molecule has 0 atom stereocenters. The number of halogens is 1. The maximum Gasteiger partial charge on any atom is 0.272 e. The smallest absolute Gasteiger partial charge is 0.272 e. The van der Waals surface area contributed by atoms with Crippen molar-refractivity contribution in [3.05, 3.63) is 64.8 Å². The minimum absolute atomic E-state index is 0.358. The van der Waals surface area contributed by atoms with Gasteiger partial charge in [0.25, 0.3) is 11.8 Å². The summed E-state index contributed by atoms with van der Waals surface area (Å²) in [5, 5.41) is 0. The van der Waals surface area contributed by atoms with E-state index in [-0.39, 0.29) is 5.91 Å². The average molecular weight is 371 g/mol. The summed E-state index contributed by atoms with van der Waals surface area (Å²) in [5.41, 5.74) is 1.39. The molecule has 0 aromatic heterocycles. The zero-order chi connectivity index (χ0) is 18.7. The first kappa shape index (κ1) is 18.2. The lowest BCUT2D eigenvalue weighted by atomic mass is 10.1. The first-order valence-electron chi connectivity index (χ1n) is 8.31. The number of carbonyl (C=O) groups is 2.